The normalized spacial score (nSPS) is 15.3. The van der Waals surface area contributed by atoms with Crippen LogP contribution in [-0.2, 0) is 32.5 Å². The van der Waals surface area contributed by atoms with E-state index in [9.17, 15) is 79.5 Å². The molecule has 17 aromatic carbocycles. The van der Waals surface area contributed by atoms with Crippen LogP contribution in [0.15, 0.2) is 224 Å². The molecule has 5 aliphatic rings. The number of halogens is 4. The Morgan fingerprint density at radius 3 is 0.946 bits per heavy atom. The number of nitriles is 6. The summed E-state index contributed by atoms with van der Waals surface area (Å²) in [4.78, 5) is 0. The Balaban J connectivity index is 0.000000141. The summed E-state index contributed by atoms with van der Waals surface area (Å²) in [5, 5.41) is 167. The van der Waals surface area contributed by atoms with E-state index in [0.29, 0.717) is 89.5 Å². The van der Waals surface area contributed by atoms with Crippen molar-refractivity contribution in [2.24, 2.45) is 0 Å². The van der Waals surface area contributed by atoms with Crippen LogP contribution in [-0.4, -0.2) is 65.3 Å². The van der Waals surface area contributed by atoms with Crippen LogP contribution >= 0.6 is 0 Å². The number of ether oxygens (including phenoxy) is 4. The first-order valence-electron chi connectivity index (χ1n) is 46.8. The molecule has 4 aliphatic carbocycles. The lowest BCUT2D eigenvalue weighted by Gasteiger charge is -2.31. The zero-order valence-electron chi connectivity index (χ0n) is 81.4. The van der Waals surface area contributed by atoms with E-state index in [4.69, 9.17) is 57.4 Å². The van der Waals surface area contributed by atoms with Crippen molar-refractivity contribution in [2.75, 3.05) is 14.2 Å². The Labute approximate surface area is 841 Å². The van der Waals surface area contributed by atoms with Gasteiger partial charge in [0.2, 0.25) is 0 Å². The second-order valence-electron chi connectivity index (χ2n) is 40.3. The van der Waals surface area contributed by atoms with Gasteiger partial charge in [0.15, 0.2) is 160 Å². The van der Waals surface area contributed by atoms with Crippen molar-refractivity contribution in [3.05, 3.63) is 319 Å². The first kappa shape index (κ1) is 96.6. The number of rotatable bonds is 4. The number of hydrogen-bond donors (Lipinski definition) is 10. The van der Waals surface area contributed by atoms with Gasteiger partial charge in [0, 0.05) is 33.1 Å². The summed E-state index contributed by atoms with van der Waals surface area (Å²) in [5.74, 6) is -6.85. The van der Waals surface area contributed by atoms with Crippen LogP contribution < -0.4 is 18.9 Å². The zero-order valence-corrected chi connectivity index (χ0v) is 81.4. The third kappa shape index (κ3) is 14.9. The SMILES string of the molecule is CC1(C)CC2(CC(C)(C)c3cc(O)c(O)cc32)c2cc(O)c(O)cc21.COc1cc2ccccc2c(-c2c3ccccc3cc3oc4c(C#N)c5oc6cc7c(cc6oc5c(C#N)c4oc23)C(C)(C)CC72CC(C)(C)c3cc4c(cc32)Oc2c(C#N)c(C)c(C)c(C#N)c2O4)c1OC.N#Cc1c(F)c(F)c(C#N)c(F)c1F.Oc1cc2ccccc2c(-c2c(O)c(O)cc3ccccc23)c1O.Oc1cc2ccccc2cc1O. The predicted octanol–water partition coefficient (Wildman–Crippen LogP) is 28.3. The molecular formula is C120H88F4N6O18. The van der Waals surface area contributed by atoms with Crippen LogP contribution in [0.2, 0.25) is 0 Å². The van der Waals surface area contributed by atoms with Gasteiger partial charge in [-0.25, -0.2) is 17.6 Å². The number of phenolic OH excluding ortho intramolecular Hbond substituents is 10. The minimum Gasteiger partial charge on any atom is -0.504 e. The first-order valence-corrected chi connectivity index (χ1v) is 46.8. The highest BCUT2D eigenvalue weighted by Crippen LogP contribution is 2.68. The number of nitrogens with zero attached hydrogens (tertiary/aromatic N) is 6. The number of benzene rings is 17. The average Bonchev–Trinajstić information content (AvgIpc) is 1.51. The maximum Gasteiger partial charge on any atom is 0.193 e. The fourth-order valence-corrected chi connectivity index (χ4v) is 23.1. The zero-order chi connectivity index (χ0) is 105. The van der Waals surface area contributed by atoms with Crippen molar-refractivity contribution < 1.29 is 105 Å². The van der Waals surface area contributed by atoms with Crippen LogP contribution in [0.1, 0.15) is 170 Å². The number of fused-ring (bicyclic) bond motifs is 19. The molecule has 0 amide bonds. The first-order chi connectivity index (χ1) is 70.5. The summed E-state index contributed by atoms with van der Waals surface area (Å²) in [7, 11) is 3.19. The molecule has 10 N–H and O–H groups in total. The standard InChI is InChI=1S/C61H42N4O8.C21H24O4.C20H14O4.C10H8O2.C8F4N2/c1-29-30(2)36(24-63)52-51(35(29)23-62)68-43-19-39-41(21-45(43)69-52)61(27-59(39,3)4)28-60(5,6)40-20-44-46(22-42(40)61)71-53-37(25-64)55-56(38(26-65)54(53)70-44)73-58-48(72-55)18-32-14-10-12-16-34(32)50(58)49-33-15-11-9-13-31(33)17-47(66-7)57(49)67-8;1-19(2)9-21(13-7-17(24)15(22)5-11(13)19)10-20(3,4)12-6-16(23)18(25)8-14(12)21;21-15-9-11-5-1-3-7-13(11)17(19(15)23)18-14-8-4-2-6-12(14)10-16(22)20(18)24;11-9-5-7-3-1-2-4-8(7)6-10(9)12;9-5-3(1-13)6(10)8(12)4(2-14)7(5)11/h9-22H,27-28H2,1-8H3;5-8,22-25H,9-10H2,1-4H3;1-10,21-24H;1-6,11-12H;. The second-order valence-corrected chi connectivity index (χ2v) is 40.3. The molecule has 28 heteroatoms. The van der Waals surface area contributed by atoms with Gasteiger partial charge in [-0.05, 0) is 256 Å². The quantitative estimate of drug-likeness (QED) is 0.0338. The van der Waals surface area contributed by atoms with E-state index in [2.05, 4.69) is 79.7 Å². The number of phenols is 10. The van der Waals surface area contributed by atoms with E-state index in [1.807, 2.05) is 147 Å². The van der Waals surface area contributed by atoms with Crippen LogP contribution in [0.4, 0.5) is 17.6 Å². The van der Waals surface area contributed by atoms with Gasteiger partial charge in [0.1, 0.15) is 69.8 Å². The Bertz CT molecular complexity index is 9150. The van der Waals surface area contributed by atoms with E-state index in [1.54, 1.807) is 74.9 Å². The van der Waals surface area contributed by atoms with Gasteiger partial charge in [-0.3, -0.25) is 0 Å². The molecule has 734 valence electrons. The Hall–Kier alpha value is -18.9. The van der Waals surface area contributed by atoms with Crippen LogP contribution in [0.3, 0.4) is 0 Å². The predicted molar refractivity (Wildman–Crippen MR) is 546 cm³/mol. The molecule has 1 unspecified atom stereocenters. The molecule has 19 aromatic rings. The van der Waals surface area contributed by atoms with Crippen molar-refractivity contribution >= 4 is 98.5 Å². The lowest BCUT2D eigenvalue weighted by Crippen LogP contribution is -2.27. The van der Waals surface area contributed by atoms with Crippen molar-refractivity contribution in [1.29, 1.82) is 31.6 Å². The number of aromatic hydroxyl groups is 10. The summed E-state index contributed by atoms with van der Waals surface area (Å²) in [6.45, 7) is 21.1. The summed E-state index contributed by atoms with van der Waals surface area (Å²) in [5.41, 5.74) is 8.93. The summed E-state index contributed by atoms with van der Waals surface area (Å²) in [6, 6.07) is 73.5. The van der Waals surface area contributed by atoms with E-state index < -0.39 is 39.8 Å². The molecule has 0 saturated carbocycles. The topological polar surface area (TPSA) is 435 Å². The lowest BCUT2D eigenvalue weighted by molar-refractivity contribution is 0.348. The minimum absolute atomic E-state index is 0.00640. The monoisotopic (exact) mass is 1980 g/mol. The maximum atomic E-state index is 12.7. The molecule has 0 bridgehead atoms. The molecule has 1 atom stereocenters. The fourth-order valence-electron chi connectivity index (χ4n) is 23.1. The van der Waals surface area contributed by atoms with Gasteiger partial charge >= 0.3 is 0 Å². The van der Waals surface area contributed by atoms with Gasteiger partial charge < -0.3 is 87.7 Å². The number of hydrogen-bond acceptors (Lipinski definition) is 24. The maximum absolute atomic E-state index is 12.7. The van der Waals surface area contributed by atoms with Crippen molar-refractivity contribution in [3.63, 3.8) is 0 Å². The highest BCUT2D eigenvalue weighted by atomic mass is 19.2. The molecule has 0 radical (unpaired) electrons. The van der Waals surface area contributed by atoms with Gasteiger partial charge in [0.05, 0.1) is 14.2 Å². The molecule has 2 spiro atoms. The molecule has 1 aliphatic heterocycles. The minimum atomic E-state index is -1.86. The van der Waals surface area contributed by atoms with Gasteiger partial charge in [-0.1, -0.05) is 177 Å². The van der Waals surface area contributed by atoms with E-state index in [-0.39, 0.29) is 141 Å². The fraction of sp³-hybridized carbons (Fsp3) is 0.183. The molecule has 2 aromatic heterocycles. The third-order valence-electron chi connectivity index (χ3n) is 29.5. The second kappa shape index (κ2) is 35.0. The third-order valence-corrected chi connectivity index (χ3v) is 29.5. The van der Waals surface area contributed by atoms with Crippen molar-refractivity contribution in [1.82, 2.24) is 0 Å². The molecule has 3 heterocycles. The highest BCUT2D eigenvalue weighted by Gasteiger charge is 2.59. The lowest BCUT2D eigenvalue weighted by atomic mass is 9.72. The van der Waals surface area contributed by atoms with E-state index >= 15 is 0 Å². The van der Waals surface area contributed by atoms with Crippen LogP contribution in [0.5, 0.6) is 92.0 Å². The summed E-state index contributed by atoms with van der Waals surface area (Å²) in [6.07, 6.45) is 3.10. The van der Waals surface area contributed by atoms with Gasteiger partial charge in [-0.15, -0.1) is 0 Å². The molecule has 0 saturated heterocycles. The Kier molecular flexibility index (Phi) is 22.9. The van der Waals surface area contributed by atoms with Crippen molar-refractivity contribution in [3.8, 4) is 151 Å². The average molecular weight is 1980 g/mol. The Morgan fingerprint density at radius 2 is 0.568 bits per heavy atom. The van der Waals surface area contributed by atoms with Crippen molar-refractivity contribution in [2.45, 2.75) is 127 Å². The van der Waals surface area contributed by atoms with Gasteiger partial charge in [0.25, 0.3) is 0 Å². The molecule has 24 nitrogen and oxygen atoms in total. The number of methoxy groups -OCH3 is 2. The molecule has 148 heavy (non-hydrogen) atoms. The molecule has 0 fully saturated rings. The van der Waals surface area contributed by atoms with E-state index in [0.717, 1.165) is 125 Å². The van der Waals surface area contributed by atoms with E-state index in [1.165, 1.54) is 12.1 Å². The smallest absolute Gasteiger partial charge is 0.193 e. The largest absolute Gasteiger partial charge is 0.504 e. The summed E-state index contributed by atoms with van der Waals surface area (Å²) < 4.78 is 103. The molecule has 24 rings (SSSR count). The highest BCUT2D eigenvalue weighted by molar-refractivity contribution is 6.18. The summed E-state index contributed by atoms with van der Waals surface area (Å²) >= 11 is 0. The Morgan fingerprint density at radius 1 is 0.284 bits per heavy atom. The van der Waals surface area contributed by atoms with Crippen LogP contribution in [0.25, 0.3) is 121 Å². The van der Waals surface area contributed by atoms with Crippen LogP contribution in [0, 0.1) is 105 Å². The molecular weight excluding hydrogens is 1890 g/mol. The van der Waals surface area contributed by atoms with Gasteiger partial charge in [-0.2, -0.15) is 31.6 Å².